The average molecular weight is 536 g/mol. The molecule has 0 spiro atoms. The fourth-order valence-electron chi connectivity index (χ4n) is 2.63. The molecule has 3 rings (SSSR count). The van der Waals surface area contributed by atoms with Crippen LogP contribution < -0.4 is 10.7 Å². The summed E-state index contributed by atoms with van der Waals surface area (Å²) in [6, 6.07) is 14.2. The van der Waals surface area contributed by atoms with Gasteiger partial charge in [-0.1, -0.05) is 38.4 Å². The fraction of sp³-hybridized carbons (Fsp3) is 0.182. The molecule has 6 nitrogen and oxygen atoms in total. The van der Waals surface area contributed by atoms with Gasteiger partial charge in [-0.25, -0.2) is 19.1 Å². The lowest BCUT2D eigenvalue weighted by Gasteiger charge is -2.27. The normalized spacial score (nSPS) is 11.2. The quantitative estimate of drug-likeness (QED) is 0.389. The summed E-state index contributed by atoms with van der Waals surface area (Å²) in [5.41, 5.74) is 0.615. The van der Waals surface area contributed by atoms with Crippen molar-refractivity contribution in [3.8, 4) is 5.69 Å². The van der Waals surface area contributed by atoms with E-state index in [0.29, 0.717) is 11.4 Å². The van der Waals surface area contributed by atoms with E-state index in [1.807, 2.05) is 12.1 Å². The zero-order valence-corrected chi connectivity index (χ0v) is 19.9. The topological polar surface area (TPSA) is 64.7 Å². The summed E-state index contributed by atoms with van der Waals surface area (Å²) in [6.45, 7) is 9.32. The maximum atomic E-state index is 13.0. The molecule has 156 valence electrons. The molecule has 0 radical (unpaired) electrons. The van der Waals surface area contributed by atoms with Crippen LogP contribution in [0.5, 0.6) is 0 Å². The zero-order chi connectivity index (χ0) is 22.1. The average Bonchev–Trinajstić information content (AvgIpc) is 3.04. The van der Waals surface area contributed by atoms with Crippen molar-refractivity contribution < 1.29 is 13.9 Å². The Kier molecular flexibility index (Phi) is 6.38. The number of halogens is 2. The summed E-state index contributed by atoms with van der Waals surface area (Å²) >= 11 is 6.75. The molecule has 2 aromatic carbocycles. The summed E-state index contributed by atoms with van der Waals surface area (Å²) in [6.07, 6.45) is 0.873. The molecule has 0 N–H and O–H groups in total. The molecule has 8 heteroatoms. The van der Waals surface area contributed by atoms with E-state index in [1.165, 1.54) is 15.7 Å². The molecule has 1 amide bonds. The number of ether oxygens (including phenoxy) is 1. The Bertz CT molecular complexity index is 1120. The smallest absolute Gasteiger partial charge is 0.424 e. The van der Waals surface area contributed by atoms with Crippen molar-refractivity contribution in [2.75, 3.05) is 4.90 Å². The highest BCUT2D eigenvalue weighted by molar-refractivity contribution is 9.10. The summed E-state index contributed by atoms with van der Waals surface area (Å²) in [4.78, 5) is 26.7. The van der Waals surface area contributed by atoms with E-state index >= 15 is 0 Å². The summed E-state index contributed by atoms with van der Waals surface area (Å²) in [5.74, 6) is -0.440. The summed E-state index contributed by atoms with van der Waals surface area (Å²) in [7, 11) is 0. The minimum atomic E-state index is -0.713. The van der Waals surface area contributed by atoms with Crippen molar-refractivity contribution in [1.29, 1.82) is 0 Å². The maximum Gasteiger partial charge on any atom is 0.424 e. The Morgan fingerprint density at radius 1 is 1.03 bits per heavy atom. The van der Waals surface area contributed by atoms with Crippen LogP contribution in [0.3, 0.4) is 0 Å². The SMILES string of the molecule is C=C(c1cn(-c2ccc(Br)cc2)c(=O)o1)N(C(=O)OC(C)(C)C)c1ccc(Br)cc1. The van der Waals surface area contributed by atoms with Crippen molar-refractivity contribution in [2.45, 2.75) is 26.4 Å². The third-order valence-electron chi connectivity index (χ3n) is 3.96. The van der Waals surface area contributed by atoms with Gasteiger partial charge in [-0.3, -0.25) is 0 Å². The van der Waals surface area contributed by atoms with Crippen molar-refractivity contribution in [3.63, 3.8) is 0 Å². The number of anilines is 1. The molecule has 0 atom stereocenters. The first kappa shape index (κ1) is 22.1. The predicted octanol–water partition coefficient (Wildman–Crippen LogP) is 6.37. The number of aromatic nitrogens is 1. The molecule has 0 fully saturated rings. The minimum absolute atomic E-state index is 0.150. The second kappa shape index (κ2) is 8.65. The number of amides is 1. The zero-order valence-electron chi connectivity index (χ0n) is 16.7. The number of benzene rings is 2. The Morgan fingerprint density at radius 3 is 2.10 bits per heavy atom. The van der Waals surface area contributed by atoms with E-state index in [0.717, 1.165) is 8.95 Å². The van der Waals surface area contributed by atoms with Crippen LogP contribution >= 0.6 is 31.9 Å². The number of carbonyl (C=O) groups excluding carboxylic acids is 1. The van der Waals surface area contributed by atoms with Gasteiger partial charge in [0.25, 0.3) is 0 Å². The maximum absolute atomic E-state index is 13.0. The van der Waals surface area contributed by atoms with E-state index in [2.05, 4.69) is 38.4 Å². The van der Waals surface area contributed by atoms with E-state index in [-0.39, 0.29) is 11.5 Å². The van der Waals surface area contributed by atoms with Crippen molar-refractivity contribution in [3.05, 3.63) is 86.6 Å². The van der Waals surface area contributed by atoms with Crippen molar-refractivity contribution >= 4 is 49.3 Å². The first-order valence-electron chi connectivity index (χ1n) is 9.01. The van der Waals surface area contributed by atoms with Gasteiger partial charge in [0.1, 0.15) is 5.60 Å². The second-order valence-corrected chi connectivity index (χ2v) is 9.28. The Morgan fingerprint density at radius 2 is 1.57 bits per heavy atom. The van der Waals surface area contributed by atoms with Crippen LogP contribution in [0.15, 0.2) is 79.5 Å². The van der Waals surface area contributed by atoms with E-state index in [9.17, 15) is 9.59 Å². The van der Waals surface area contributed by atoms with Gasteiger partial charge in [0.2, 0.25) is 0 Å². The van der Waals surface area contributed by atoms with Gasteiger partial charge in [-0.2, -0.15) is 0 Å². The number of hydrogen-bond acceptors (Lipinski definition) is 4. The molecule has 3 aromatic rings. The van der Waals surface area contributed by atoms with Crippen molar-refractivity contribution in [1.82, 2.24) is 4.57 Å². The molecule has 0 unspecified atom stereocenters. The number of hydrogen-bond donors (Lipinski definition) is 0. The molecule has 0 bridgehead atoms. The molecule has 30 heavy (non-hydrogen) atoms. The number of carbonyl (C=O) groups is 1. The van der Waals surface area contributed by atoms with Crippen LogP contribution in [0, 0.1) is 0 Å². The summed E-state index contributed by atoms with van der Waals surface area (Å²) < 4.78 is 14.0. The van der Waals surface area contributed by atoms with Crippen LogP contribution in [-0.2, 0) is 4.74 Å². The lowest BCUT2D eigenvalue weighted by Crippen LogP contribution is -2.35. The van der Waals surface area contributed by atoms with Crippen molar-refractivity contribution in [2.24, 2.45) is 0 Å². The van der Waals surface area contributed by atoms with E-state index in [4.69, 9.17) is 9.15 Å². The molecular formula is C22H20Br2N2O4. The highest BCUT2D eigenvalue weighted by Gasteiger charge is 2.28. The lowest BCUT2D eigenvalue weighted by atomic mass is 10.2. The Balaban J connectivity index is 2.01. The first-order chi connectivity index (χ1) is 14.0. The minimum Gasteiger partial charge on any atom is -0.443 e. The molecule has 0 saturated heterocycles. The van der Waals surface area contributed by atoms with Crippen LogP contribution in [0.1, 0.15) is 26.5 Å². The number of rotatable bonds is 4. The largest absolute Gasteiger partial charge is 0.443 e. The standard InChI is InChI=1S/C22H20Br2N2O4/c1-14(19-13-25(20(27)29-19)17-9-5-15(23)6-10-17)26(21(28)30-22(2,3)4)18-11-7-16(24)8-12-18/h5-13H,1H2,2-4H3. The monoisotopic (exact) mass is 534 g/mol. The molecule has 0 saturated carbocycles. The second-order valence-electron chi connectivity index (χ2n) is 7.45. The predicted molar refractivity (Wildman–Crippen MR) is 124 cm³/mol. The van der Waals surface area contributed by atoms with Crippen LogP contribution in [0.4, 0.5) is 10.5 Å². The number of oxazole rings is 1. The number of nitrogens with zero attached hydrogens (tertiary/aromatic N) is 2. The molecule has 0 aliphatic rings. The fourth-order valence-corrected chi connectivity index (χ4v) is 3.16. The van der Waals surface area contributed by atoms with Crippen LogP contribution in [-0.4, -0.2) is 16.3 Å². The third kappa shape index (κ3) is 5.12. The molecule has 1 heterocycles. The third-order valence-corrected chi connectivity index (χ3v) is 5.02. The highest BCUT2D eigenvalue weighted by Crippen LogP contribution is 2.29. The molecule has 1 aromatic heterocycles. The van der Waals surface area contributed by atoms with Gasteiger partial charge < -0.3 is 9.15 Å². The van der Waals surface area contributed by atoms with E-state index < -0.39 is 17.5 Å². The van der Waals surface area contributed by atoms with Gasteiger partial charge in [-0.05, 0) is 69.3 Å². The van der Waals surface area contributed by atoms with Gasteiger partial charge in [0.15, 0.2) is 5.76 Å². The Hall–Kier alpha value is -2.58. The molecule has 0 aliphatic heterocycles. The van der Waals surface area contributed by atoms with Gasteiger partial charge in [0, 0.05) is 8.95 Å². The Labute approximate surface area is 191 Å². The summed E-state index contributed by atoms with van der Waals surface area (Å²) in [5, 5.41) is 0. The van der Waals surface area contributed by atoms with Crippen LogP contribution in [0.2, 0.25) is 0 Å². The van der Waals surface area contributed by atoms with Crippen LogP contribution in [0.25, 0.3) is 11.4 Å². The lowest BCUT2D eigenvalue weighted by molar-refractivity contribution is 0.0600. The molecular weight excluding hydrogens is 516 g/mol. The van der Waals surface area contributed by atoms with Gasteiger partial charge >= 0.3 is 11.8 Å². The molecule has 0 aliphatic carbocycles. The van der Waals surface area contributed by atoms with E-state index in [1.54, 1.807) is 57.2 Å². The highest BCUT2D eigenvalue weighted by atomic mass is 79.9. The first-order valence-corrected chi connectivity index (χ1v) is 10.6. The van der Waals surface area contributed by atoms with Gasteiger partial charge in [0.05, 0.1) is 23.3 Å². The van der Waals surface area contributed by atoms with Gasteiger partial charge in [-0.15, -0.1) is 0 Å².